The van der Waals surface area contributed by atoms with Crippen LogP contribution in [0.1, 0.15) is 45.6 Å². The largest absolute Gasteiger partial charge is 0.310 e. The molecule has 1 N–H and O–H groups in total. The maximum Gasteiger partial charge on any atom is 0.0271 e. The SMILES string of the molecule is CC1CC(C)(C)CCC1NCc1ccncc1. The highest BCUT2D eigenvalue weighted by Crippen LogP contribution is 2.38. The highest BCUT2D eigenvalue weighted by Gasteiger charge is 2.31. The van der Waals surface area contributed by atoms with Crippen molar-refractivity contribution in [1.29, 1.82) is 0 Å². The van der Waals surface area contributed by atoms with E-state index in [1.54, 1.807) is 0 Å². The predicted octanol–water partition coefficient (Wildman–Crippen LogP) is 3.39. The fourth-order valence-corrected chi connectivity index (χ4v) is 3.00. The molecular formula is C15H24N2. The van der Waals surface area contributed by atoms with Gasteiger partial charge in [0.05, 0.1) is 0 Å². The van der Waals surface area contributed by atoms with E-state index in [-0.39, 0.29) is 0 Å². The van der Waals surface area contributed by atoms with E-state index in [0.29, 0.717) is 11.5 Å². The van der Waals surface area contributed by atoms with Crippen LogP contribution in [0.5, 0.6) is 0 Å². The molecule has 1 heterocycles. The third kappa shape index (κ3) is 3.53. The maximum absolute atomic E-state index is 4.05. The molecule has 0 amide bonds. The van der Waals surface area contributed by atoms with E-state index in [2.05, 4.69) is 43.2 Å². The number of pyridine rings is 1. The lowest BCUT2D eigenvalue weighted by molar-refractivity contribution is 0.148. The van der Waals surface area contributed by atoms with Crippen molar-refractivity contribution in [2.45, 2.75) is 52.6 Å². The molecule has 17 heavy (non-hydrogen) atoms. The van der Waals surface area contributed by atoms with Crippen molar-refractivity contribution in [3.8, 4) is 0 Å². The van der Waals surface area contributed by atoms with Crippen LogP contribution in [0.4, 0.5) is 0 Å². The van der Waals surface area contributed by atoms with Crippen LogP contribution in [0.15, 0.2) is 24.5 Å². The molecule has 0 bridgehead atoms. The number of rotatable bonds is 3. The summed E-state index contributed by atoms with van der Waals surface area (Å²) >= 11 is 0. The zero-order chi connectivity index (χ0) is 12.3. The van der Waals surface area contributed by atoms with Gasteiger partial charge in [-0.25, -0.2) is 0 Å². The zero-order valence-electron chi connectivity index (χ0n) is 11.2. The van der Waals surface area contributed by atoms with Crippen LogP contribution < -0.4 is 5.32 Å². The van der Waals surface area contributed by atoms with E-state index < -0.39 is 0 Å². The van der Waals surface area contributed by atoms with E-state index in [0.717, 1.165) is 12.5 Å². The molecule has 2 heteroatoms. The molecule has 0 aliphatic heterocycles. The predicted molar refractivity (Wildman–Crippen MR) is 71.7 cm³/mol. The van der Waals surface area contributed by atoms with Crippen molar-refractivity contribution in [2.75, 3.05) is 0 Å². The minimum Gasteiger partial charge on any atom is -0.310 e. The molecule has 0 aromatic carbocycles. The molecule has 0 saturated heterocycles. The van der Waals surface area contributed by atoms with Gasteiger partial charge in [-0.15, -0.1) is 0 Å². The second kappa shape index (κ2) is 5.18. The Hall–Kier alpha value is -0.890. The van der Waals surface area contributed by atoms with Gasteiger partial charge in [-0.05, 0) is 48.3 Å². The third-order valence-corrected chi connectivity index (χ3v) is 4.01. The van der Waals surface area contributed by atoms with E-state index in [4.69, 9.17) is 0 Å². The van der Waals surface area contributed by atoms with Crippen LogP contribution in [-0.4, -0.2) is 11.0 Å². The Morgan fingerprint density at radius 2 is 2.06 bits per heavy atom. The molecule has 2 atom stereocenters. The molecule has 1 aromatic heterocycles. The fraction of sp³-hybridized carbons (Fsp3) is 0.667. The molecule has 1 saturated carbocycles. The fourth-order valence-electron chi connectivity index (χ4n) is 3.00. The quantitative estimate of drug-likeness (QED) is 0.864. The minimum atomic E-state index is 0.536. The molecule has 2 unspecified atom stereocenters. The Morgan fingerprint density at radius 1 is 1.35 bits per heavy atom. The smallest absolute Gasteiger partial charge is 0.0271 e. The molecule has 0 radical (unpaired) electrons. The normalized spacial score (nSPS) is 27.9. The summed E-state index contributed by atoms with van der Waals surface area (Å²) in [6, 6.07) is 4.85. The van der Waals surface area contributed by atoms with Gasteiger partial charge in [-0.3, -0.25) is 4.98 Å². The van der Waals surface area contributed by atoms with E-state index in [1.807, 2.05) is 12.4 Å². The molecule has 1 aliphatic rings. The van der Waals surface area contributed by atoms with Crippen LogP contribution in [0.25, 0.3) is 0 Å². The van der Waals surface area contributed by atoms with Crippen LogP contribution in [0.2, 0.25) is 0 Å². The first-order chi connectivity index (χ1) is 8.07. The lowest BCUT2D eigenvalue weighted by Crippen LogP contribution is -2.41. The Balaban J connectivity index is 1.84. The summed E-state index contributed by atoms with van der Waals surface area (Å²) in [6.07, 6.45) is 7.71. The molecule has 1 aromatic rings. The summed E-state index contributed by atoms with van der Waals surface area (Å²) in [7, 11) is 0. The minimum absolute atomic E-state index is 0.536. The Bertz CT molecular complexity index is 345. The van der Waals surface area contributed by atoms with Gasteiger partial charge >= 0.3 is 0 Å². The zero-order valence-corrected chi connectivity index (χ0v) is 11.2. The summed E-state index contributed by atoms with van der Waals surface area (Å²) in [5, 5.41) is 3.70. The molecule has 2 rings (SSSR count). The van der Waals surface area contributed by atoms with Gasteiger partial charge in [0.1, 0.15) is 0 Å². The van der Waals surface area contributed by atoms with Gasteiger partial charge in [0.25, 0.3) is 0 Å². The third-order valence-electron chi connectivity index (χ3n) is 4.01. The summed E-state index contributed by atoms with van der Waals surface area (Å²) in [5.74, 6) is 0.778. The summed E-state index contributed by atoms with van der Waals surface area (Å²) in [4.78, 5) is 4.05. The molecule has 0 spiro atoms. The lowest BCUT2D eigenvalue weighted by Gasteiger charge is -2.39. The van der Waals surface area contributed by atoms with Crippen LogP contribution >= 0.6 is 0 Å². The molecular weight excluding hydrogens is 208 g/mol. The van der Waals surface area contributed by atoms with Crippen molar-refractivity contribution < 1.29 is 0 Å². The maximum atomic E-state index is 4.05. The number of nitrogens with zero attached hydrogens (tertiary/aromatic N) is 1. The first kappa shape index (κ1) is 12.6. The van der Waals surface area contributed by atoms with Gasteiger partial charge in [0.2, 0.25) is 0 Å². The standard InChI is InChI=1S/C15H24N2/c1-12-10-15(2,3)7-4-14(12)17-11-13-5-8-16-9-6-13/h5-6,8-9,12,14,17H,4,7,10-11H2,1-3H3. The second-order valence-electron chi connectivity index (χ2n) is 6.23. The van der Waals surface area contributed by atoms with Crippen molar-refractivity contribution in [3.05, 3.63) is 30.1 Å². The number of nitrogens with one attached hydrogen (secondary N) is 1. The highest BCUT2D eigenvalue weighted by molar-refractivity contribution is 5.09. The number of hydrogen-bond acceptors (Lipinski definition) is 2. The van der Waals surface area contributed by atoms with Crippen LogP contribution in [0, 0.1) is 11.3 Å². The molecule has 1 aliphatic carbocycles. The van der Waals surface area contributed by atoms with Crippen molar-refractivity contribution >= 4 is 0 Å². The van der Waals surface area contributed by atoms with Gasteiger partial charge in [0, 0.05) is 25.0 Å². The van der Waals surface area contributed by atoms with Crippen LogP contribution in [0.3, 0.4) is 0 Å². The molecule has 94 valence electrons. The second-order valence-corrected chi connectivity index (χ2v) is 6.23. The first-order valence-electron chi connectivity index (χ1n) is 6.69. The van der Waals surface area contributed by atoms with Crippen LogP contribution in [-0.2, 0) is 6.54 Å². The van der Waals surface area contributed by atoms with E-state index in [9.17, 15) is 0 Å². The van der Waals surface area contributed by atoms with Gasteiger partial charge in [0.15, 0.2) is 0 Å². The van der Waals surface area contributed by atoms with Crippen molar-refractivity contribution in [3.63, 3.8) is 0 Å². The topological polar surface area (TPSA) is 24.9 Å². The summed E-state index contributed by atoms with van der Waals surface area (Å²) < 4.78 is 0. The summed E-state index contributed by atoms with van der Waals surface area (Å²) in [6.45, 7) is 8.13. The van der Waals surface area contributed by atoms with Crippen molar-refractivity contribution in [1.82, 2.24) is 10.3 Å². The van der Waals surface area contributed by atoms with Gasteiger partial charge in [-0.1, -0.05) is 20.8 Å². The van der Waals surface area contributed by atoms with E-state index in [1.165, 1.54) is 24.8 Å². The van der Waals surface area contributed by atoms with E-state index >= 15 is 0 Å². The number of hydrogen-bond donors (Lipinski definition) is 1. The Morgan fingerprint density at radius 3 is 2.71 bits per heavy atom. The molecule has 2 nitrogen and oxygen atoms in total. The average molecular weight is 232 g/mol. The lowest BCUT2D eigenvalue weighted by atomic mass is 9.70. The number of aromatic nitrogens is 1. The van der Waals surface area contributed by atoms with Gasteiger partial charge < -0.3 is 5.32 Å². The monoisotopic (exact) mass is 232 g/mol. The molecule has 1 fully saturated rings. The highest BCUT2D eigenvalue weighted by atomic mass is 14.9. The first-order valence-corrected chi connectivity index (χ1v) is 6.69. The summed E-state index contributed by atoms with van der Waals surface area (Å²) in [5.41, 5.74) is 1.87. The average Bonchev–Trinajstić information content (AvgIpc) is 2.28. The Labute approximate surface area is 105 Å². The Kier molecular flexibility index (Phi) is 3.82. The van der Waals surface area contributed by atoms with Gasteiger partial charge in [-0.2, -0.15) is 0 Å². The van der Waals surface area contributed by atoms with Crippen molar-refractivity contribution in [2.24, 2.45) is 11.3 Å².